The molecule has 0 radical (unpaired) electrons. The zero-order valence-electron chi connectivity index (χ0n) is 43.1. The van der Waals surface area contributed by atoms with Crippen LogP contribution < -0.4 is 19.7 Å². The summed E-state index contributed by atoms with van der Waals surface area (Å²) < 4.78 is 78.9. The van der Waals surface area contributed by atoms with Crippen LogP contribution in [-0.4, -0.2) is 99.5 Å². The minimum atomic E-state index is -4.73. The van der Waals surface area contributed by atoms with Gasteiger partial charge < -0.3 is 25.0 Å². The number of amides is 1. The molecule has 2 saturated carbocycles. The Morgan fingerprint density at radius 1 is 0.947 bits per heavy atom. The Labute approximate surface area is 440 Å². The van der Waals surface area contributed by atoms with Crippen LogP contribution in [0.25, 0.3) is 11.0 Å². The Morgan fingerprint density at radius 2 is 1.70 bits per heavy atom. The first-order chi connectivity index (χ1) is 36.2. The zero-order chi connectivity index (χ0) is 53.7. The lowest BCUT2D eigenvalue weighted by molar-refractivity contribution is -0.384. The third-order valence-corrected chi connectivity index (χ3v) is 17.8. The Hall–Kier alpha value is -6.61. The van der Waals surface area contributed by atoms with E-state index >= 15 is 0 Å². The molecule has 3 aromatic carbocycles. The van der Waals surface area contributed by atoms with Gasteiger partial charge in [0.05, 0.1) is 33.9 Å². The fourth-order valence-corrected chi connectivity index (χ4v) is 12.9. The number of nitrogens with one attached hydrogen (secondary N) is 3. The first-order valence-electron chi connectivity index (χ1n) is 26.1. The van der Waals surface area contributed by atoms with Crippen molar-refractivity contribution in [1.29, 1.82) is 0 Å². The van der Waals surface area contributed by atoms with Crippen LogP contribution in [0, 0.1) is 38.9 Å². The predicted molar refractivity (Wildman–Crippen MR) is 282 cm³/mol. The molecule has 4 fully saturated rings. The van der Waals surface area contributed by atoms with Gasteiger partial charge in [-0.25, -0.2) is 36.3 Å². The summed E-state index contributed by atoms with van der Waals surface area (Å²) in [7, 11) is -4.73. The number of nitro groups is 1. The van der Waals surface area contributed by atoms with Gasteiger partial charge in [-0.15, -0.1) is 0 Å². The van der Waals surface area contributed by atoms with Crippen LogP contribution >= 0.6 is 0 Å². The maximum atomic E-state index is 14.7. The normalized spacial score (nSPS) is 22.4. The fraction of sp³-hybridized carbons (Fsp3) is 0.446. The number of fused-ring (bicyclic) bond motifs is 1. The molecule has 1 amide bonds. The number of ether oxygens (including phenoxy) is 1. The number of rotatable bonds is 15. The fourth-order valence-electron chi connectivity index (χ4n) is 11.9. The molecule has 0 unspecified atom stereocenters. The standard InChI is InChI=1S/C56H64F3N9O7S/c1-34(2)42-7-5-6-8-43(42)50-33-66(32-37-9-12-46(57)47(58)21-37)35(3)31-67(50)39-25-56(26-39)17-19-65(20-18-56)38-10-11-44(51(22-38)75-40-23-45-48(59)30-63-52(45)61-28-40)54(69)64-76(73,74)41-24-49(68(71)72)53(62-29-41)60-27-36-13-15-55(4,70)16-14-36/h5-12,21-24,28-30,34-36,39,50,70H,13-20,25-27,31-33H2,1-4H3,(H,60,62)(H,61,63)(H,64,69)/t35-,36?,50+,55?/m1/s1. The van der Waals surface area contributed by atoms with Crippen molar-refractivity contribution in [3.8, 4) is 11.5 Å². The zero-order valence-corrected chi connectivity index (χ0v) is 43.9. The van der Waals surface area contributed by atoms with Gasteiger partial charge in [0.2, 0.25) is 5.82 Å². The van der Waals surface area contributed by atoms with Gasteiger partial charge in [0.25, 0.3) is 15.9 Å². The van der Waals surface area contributed by atoms with E-state index in [4.69, 9.17) is 4.74 Å². The lowest BCUT2D eigenvalue weighted by atomic mass is 9.59. The van der Waals surface area contributed by atoms with E-state index in [0.29, 0.717) is 63.8 Å². The van der Waals surface area contributed by atoms with Crippen molar-refractivity contribution in [1.82, 2.24) is 29.5 Å². The lowest BCUT2D eigenvalue weighted by Crippen LogP contribution is -2.61. The molecule has 2 saturated heterocycles. The summed E-state index contributed by atoms with van der Waals surface area (Å²) in [4.78, 5) is 43.3. The first kappa shape index (κ1) is 52.8. The lowest BCUT2D eigenvalue weighted by Gasteiger charge is -2.59. The smallest absolute Gasteiger partial charge is 0.312 e. The Morgan fingerprint density at radius 3 is 2.42 bits per heavy atom. The van der Waals surface area contributed by atoms with Crippen molar-refractivity contribution in [2.75, 3.05) is 42.9 Å². The molecule has 402 valence electrons. The minimum absolute atomic E-state index is 0.0234. The van der Waals surface area contributed by atoms with Gasteiger partial charge in [0, 0.05) is 81.4 Å². The Bertz CT molecular complexity index is 3260. The van der Waals surface area contributed by atoms with Crippen molar-refractivity contribution in [2.24, 2.45) is 11.3 Å². The molecule has 0 bridgehead atoms. The van der Waals surface area contributed by atoms with E-state index in [1.807, 2.05) is 4.72 Å². The molecule has 2 atom stereocenters. The number of aromatic amines is 1. The third kappa shape index (κ3) is 11.1. The van der Waals surface area contributed by atoms with Gasteiger partial charge in [-0.1, -0.05) is 44.2 Å². The number of piperazine rings is 1. The van der Waals surface area contributed by atoms with E-state index in [1.54, 1.807) is 25.1 Å². The van der Waals surface area contributed by atoms with E-state index in [2.05, 4.69) is 80.0 Å². The quantitative estimate of drug-likeness (QED) is 0.0560. The van der Waals surface area contributed by atoms with E-state index < -0.39 is 54.5 Å². The molecule has 3 aromatic heterocycles. The van der Waals surface area contributed by atoms with Crippen LogP contribution in [0.4, 0.5) is 30.4 Å². The van der Waals surface area contributed by atoms with Gasteiger partial charge in [-0.05, 0) is 129 Å². The number of piperidine rings is 1. The van der Waals surface area contributed by atoms with Crippen molar-refractivity contribution < 1.29 is 41.2 Å². The number of nitrogens with zero attached hydrogens (tertiary/aromatic N) is 6. The summed E-state index contributed by atoms with van der Waals surface area (Å²) in [5.74, 6) is -2.95. The number of pyridine rings is 2. The molecule has 10 rings (SSSR count). The third-order valence-electron chi connectivity index (χ3n) is 16.5. The maximum Gasteiger partial charge on any atom is 0.312 e. The molecule has 1 spiro atoms. The highest BCUT2D eigenvalue weighted by Crippen LogP contribution is 2.54. The molecule has 2 aliphatic heterocycles. The number of hydrogen-bond acceptors (Lipinski definition) is 13. The average Bonchev–Trinajstić information content (AvgIpc) is 3.76. The van der Waals surface area contributed by atoms with Crippen molar-refractivity contribution >= 4 is 44.2 Å². The second-order valence-corrected chi connectivity index (χ2v) is 23.8. The summed E-state index contributed by atoms with van der Waals surface area (Å²) in [5.41, 5.74) is 2.94. The first-order valence-corrected chi connectivity index (χ1v) is 27.6. The monoisotopic (exact) mass is 1060 g/mol. The number of carbonyl (C=O) groups is 1. The maximum absolute atomic E-state index is 14.7. The topological polar surface area (TPSA) is 199 Å². The van der Waals surface area contributed by atoms with E-state index in [1.165, 1.54) is 41.6 Å². The minimum Gasteiger partial charge on any atom is -0.455 e. The summed E-state index contributed by atoms with van der Waals surface area (Å²) in [6, 6.07) is 20.5. The molecule has 6 aromatic rings. The largest absolute Gasteiger partial charge is 0.455 e. The number of halogens is 3. The molecule has 16 nitrogen and oxygen atoms in total. The molecule has 20 heteroatoms. The van der Waals surface area contributed by atoms with Gasteiger partial charge in [-0.3, -0.25) is 24.7 Å². The number of aliphatic hydroxyl groups is 1. The average molecular weight is 1060 g/mol. The molecule has 4 N–H and O–H groups in total. The summed E-state index contributed by atoms with van der Waals surface area (Å²) in [6.45, 7) is 12.2. The number of sulfonamides is 1. The van der Waals surface area contributed by atoms with Crippen molar-refractivity contribution in [3.05, 3.63) is 141 Å². The van der Waals surface area contributed by atoms with Gasteiger partial charge >= 0.3 is 5.69 Å². The molecule has 4 aliphatic rings. The Balaban J connectivity index is 0.847. The van der Waals surface area contributed by atoms with Crippen LogP contribution in [-0.2, 0) is 16.6 Å². The van der Waals surface area contributed by atoms with Crippen LogP contribution in [0.5, 0.6) is 11.5 Å². The summed E-state index contributed by atoms with van der Waals surface area (Å²) >= 11 is 0. The van der Waals surface area contributed by atoms with Crippen LogP contribution in [0.15, 0.2) is 96.3 Å². The van der Waals surface area contributed by atoms with Crippen molar-refractivity contribution in [2.45, 2.75) is 120 Å². The highest BCUT2D eigenvalue weighted by Gasteiger charge is 2.51. The second-order valence-electron chi connectivity index (χ2n) is 22.1. The molecule has 2 aliphatic carbocycles. The van der Waals surface area contributed by atoms with E-state index in [9.17, 15) is 41.6 Å². The van der Waals surface area contributed by atoms with Crippen LogP contribution in [0.2, 0.25) is 0 Å². The summed E-state index contributed by atoms with van der Waals surface area (Å²) in [6.07, 6.45) is 9.91. The summed E-state index contributed by atoms with van der Waals surface area (Å²) in [5, 5.41) is 25.6. The van der Waals surface area contributed by atoms with Crippen molar-refractivity contribution in [3.63, 3.8) is 0 Å². The number of aromatic nitrogens is 3. The second kappa shape index (κ2) is 21.1. The predicted octanol–water partition coefficient (Wildman–Crippen LogP) is 10.4. The SMILES string of the molecule is CC(C)c1ccccc1[C@@H]1CN(Cc2ccc(F)c(F)c2)[C@H](C)CN1C1CC2(CCN(c3ccc(C(=O)NS(=O)(=O)c4cnc(NCC5CCC(C)(O)CC5)c([N+](=O)[O-])c4)c(Oc4cnc5[nH]cc(F)c5c4)c3)CC2)C1. The number of H-pyrrole nitrogens is 1. The molecular weight excluding hydrogens is 1000 g/mol. The highest BCUT2D eigenvalue weighted by atomic mass is 32.2. The van der Waals surface area contributed by atoms with Gasteiger partial charge in [0.1, 0.15) is 27.9 Å². The highest BCUT2D eigenvalue weighted by molar-refractivity contribution is 7.90. The Kier molecular flexibility index (Phi) is 14.6. The number of anilines is 2. The number of hydrogen-bond donors (Lipinski definition) is 4. The van der Waals surface area contributed by atoms with Gasteiger partial charge in [-0.2, -0.15) is 0 Å². The van der Waals surface area contributed by atoms with E-state index in [-0.39, 0.29) is 57.3 Å². The van der Waals surface area contributed by atoms with Gasteiger partial charge in [0.15, 0.2) is 11.6 Å². The number of benzene rings is 3. The molecule has 76 heavy (non-hydrogen) atoms. The molecular formula is C56H64F3N9O7S. The van der Waals surface area contributed by atoms with E-state index in [0.717, 1.165) is 68.5 Å². The van der Waals surface area contributed by atoms with Crippen LogP contribution in [0.1, 0.15) is 118 Å². The number of carbonyl (C=O) groups excluding carboxylic acids is 1. The van der Waals surface area contributed by atoms with Crippen LogP contribution in [0.3, 0.4) is 0 Å². The molecule has 5 heterocycles.